The zero-order valence-electron chi connectivity index (χ0n) is 17.5. The van der Waals surface area contributed by atoms with Crippen LogP contribution < -0.4 is 20.7 Å². The van der Waals surface area contributed by atoms with Gasteiger partial charge in [0.2, 0.25) is 5.88 Å². The third-order valence-corrected chi connectivity index (χ3v) is 5.81. The number of anilines is 3. The molecule has 9 heteroatoms. The van der Waals surface area contributed by atoms with E-state index in [1.54, 1.807) is 6.20 Å². The summed E-state index contributed by atoms with van der Waals surface area (Å²) in [5, 5.41) is 3.30. The monoisotopic (exact) mass is 429 g/mol. The van der Waals surface area contributed by atoms with Gasteiger partial charge in [-0.15, -0.1) is 0 Å². The molecule has 3 aromatic heterocycles. The second-order valence-electron chi connectivity index (χ2n) is 7.87. The summed E-state index contributed by atoms with van der Waals surface area (Å²) in [7, 11) is 0. The van der Waals surface area contributed by atoms with E-state index in [-0.39, 0.29) is 0 Å². The van der Waals surface area contributed by atoms with Crippen molar-refractivity contribution in [3.05, 3.63) is 48.9 Å². The fraction of sp³-hybridized carbons (Fsp3) is 0.261. The molecule has 2 aliphatic rings. The van der Waals surface area contributed by atoms with E-state index < -0.39 is 0 Å². The molecule has 0 saturated carbocycles. The number of nitrogens with two attached hydrogens (primary N) is 1. The van der Waals surface area contributed by atoms with Crippen LogP contribution in [0.1, 0.15) is 0 Å². The number of hydrogen-bond donors (Lipinski definition) is 2. The standard InChI is InChI=1S/C23H23N7O2/c24-21-22-28-19(15-1-3-17(4-2-15)29-6-9-31-10-7-29)13-30(22)14-20(27-21)16-11-18-23(26-12-16)32-8-5-25-18/h1-4,11-14,25H,5-10H2,(H2,24,27). The van der Waals surface area contributed by atoms with E-state index in [2.05, 4.69) is 44.5 Å². The van der Waals surface area contributed by atoms with Crippen molar-refractivity contribution in [2.24, 2.45) is 0 Å². The van der Waals surface area contributed by atoms with Gasteiger partial charge in [-0.2, -0.15) is 0 Å². The summed E-state index contributed by atoms with van der Waals surface area (Å²) in [6, 6.07) is 10.4. The van der Waals surface area contributed by atoms with Gasteiger partial charge in [0, 0.05) is 55.0 Å². The summed E-state index contributed by atoms with van der Waals surface area (Å²) in [6.07, 6.45) is 5.66. The van der Waals surface area contributed by atoms with Gasteiger partial charge in [0.25, 0.3) is 0 Å². The normalized spacial score (nSPS) is 15.8. The predicted molar refractivity (Wildman–Crippen MR) is 123 cm³/mol. The van der Waals surface area contributed by atoms with Crippen LogP contribution in [-0.4, -0.2) is 58.8 Å². The van der Waals surface area contributed by atoms with E-state index in [1.807, 2.05) is 22.9 Å². The lowest BCUT2D eigenvalue weighted by molar-refractivity contribution is 0.122. The summed E-state index contributed by atoms with van der Waals surface area (Å²) in [5.74, 6) is 0.986. The Balaban J connectivity index is 1.32. The summed E-state index contributed by atoms with van der Waals surface area (Å²) in [4.78, 5) is 16.0. The van der Waals surface area contributed by atoms with Gasteiger partial charge >= 0.3 is 0 Å². The summed E-state index contributed by atoms with van der Waals surface area (Å²) >= 11 is 0. The first kappa shape index (κ1) is 18.9. The number of rotatable bonds is 3. The van der Waals surface area contributed by atoms with Crippen molar-refractivity contribution in [1.82, 2.24) is 19.4 Å². The molecular weight excluding hydrogens is 406 g/mol. The molecule has 0 amide bonds. The van der Waals surface area contributed by atoms with Crippen molar-refractivity contribution in [1.29, 1.82) is 0 Å². The number of ether oxygens (including phenoxy) is 2. The highest BCUT2D eigenvalue weighted by Crippen LogP contribution is 2.31. The van der Waals surface area contributed by atoms with Crippen LogP contribution >= 0.6 is 0 Å². The molecule has 0 atom stereocenters. The van der Waals surface area contributed by atoms with Crippen LogP contribution in [0.3, 0.4) is 0 Å². The topological polar surface area (TPSA) is 103 Å². The second kappa shape index (κ2) is 7.69. The van der Waals surface area contributed by atoms with Crippen LogP contribution in [0.2, 0.25) is 0 Å². The minimum absolute atomic E-state index is 0.376. The predicted octanol–water partition coefficient (Wildman–Crippen LogP) is 2.68. The average Bonchev–Trinajstić information content (AvgIpc) is 3.29. The number of benzene rings is 1. The number of hydrogen-bond acceptors (Lipinski definition) is 8. The van der Waals surface area contributed by atoms with Crippen LogP contribution in [0.4, 0.5) is 17.2 Å². The molecule has 1 fully saturated rings. The maximum atomic E-state index is 6.27. The molecule has 0 bridgehead atoms. The second-order valence-corrected chi connectivity index (χ2v) is 7.87. The highest BCUT2D eigenvalue weighted by Gasteiger charge is 2.16. The number of morpholine rings is 1. The Kier molecular flexibility index (Phi) is 4.53. The van der Waals surface area contributed by atoms with Crippen molar-refractivity contribution in [3.63, 3.8) is 0 Å². The van der Waals surface area contributed by atoms with Gasteiger partial charge in [-0.25, -0.2) is 15.0 Å². The number of imidazole rings is 1. The molecule has 4 aromatic rings. The van der Waals surface area contributed by atoms with Crippen LogP contribution in [0.25, 0.3) is 28.2 Å². The van der Waals surface area contributed by atoms with E-state index in [9.17, 15) is 0 Å². The molecule has 0 aliphatic carbocycles. The Morgan fingerprint density at radius 3 is 2.53 bits per heavy atom. The van der Waals surface area contributed by atoms with E-state index in [4.69, 9.17) is 20.2 Å². The maximum absolute atomic E-state index is 6.27. The molecule has 162 valence electrons. The zero-order valence-corrected chi connectivity index (χ0v) is 17.5. The van der Waals surface area contributed by atoms with E-state index in [0.29, 0.717) is 24.0 Å². The lowest BCUT2D eigenvalue weighted by Gasteiger charge is -2.28. The molecule has 2 aliphatic heterocycles. The van der Waals surface area contributed by atoms with Crippen molar-refractivity contribution >= 4 is 22.8 Å². The van der Waals surface area contributed by atoms with Gasteiger partial charge in [0.05, 0.1) is 30.3 Å². The van der Waals surface area contributed by atoms with Gasteiger partial charge in [-0.1, -0.05) is 12.1 Å². The molecule has 32 heavy (non-hydrogen) atoms. The smallest absolute Gasteiger partial charge is 0.237 e. The molecule has 0 unspecified atom stereocenters. The molecular formula is C23H23N7O2. The number of nitrogen functional groups attached to an aromatic ring is 1. The Bertz CT molecular complexity index is 1280. The molecule has 1 saturated heterocycles. The highest BCUT2D eigenvalue weighted by molar-refractivity contribution is 5.74. The Morgan fingerprint density at radius 1 is 0.938 bits per heavy atom. The molecule has 6 rings (SSSR count). The number of fused-ring (bicyclic) bond motifs is 2. The quantitative estimate of drug-likeness (QED) is 0.512. The van der Waals surface area contributed by atoms with Gasteiger partial charge < -0.3 is 29.8 Å². The Hall–Kier alpha value is -3.85. The number of nitrogens with zero attached hydrogens (tertiary/aromatic N) is 5. The Labute approximate surface area is 184 Å². The third-order valence-electron chi connectivity index (χ3n) is 5.81. The van der Waals surface area contributed by atoms with E-state index in [0.717, 1.165) is 61.1 Å². The largest absolute Gasteiger partial charge is 0.474 e. The highest BCUT2D eigenvalue weighted by atomic mass is 16.5. The first-order chi connectivity index (χ1) is 15.7. The summed E-state index contributed by atoms with van der Waals surface area (Å²) in [5.41, 5.74) is 12.4. The molecule has 0 radical (unpaired) electrons. The van der Waals surface area contributed by atoms with Crippen LogP contribution in [0.15, 0.2) is 48.9 Å². The maximum Gasteiger partial charge on any atom is 0.237 e. The lowest BCUT2D eigenvalue weighted by atomic mass is 10.1. The van der Waals surface area contributed by atoms with Crippen LogP contribution in [0.5, 0.6) is 5.88 Å². The van der Waals surface area contributed by atoms with Crippen molar-refractivity contribution in [2.75, 3.05) is 55.4 Å². The molecule has 9 nitrogen and oxygen atoms in total. The molecule has 5 heterocycles. The Morgan fingerprint density at radius 2 is 1.72 bits per heavy atom. The molecule has 0 spiro atoms. The van der Waals surface area contributed by atoms with Crippen molar-refractivity contribution in [3.8, 4) is 28.4 Å². The van der Waals surface area contributed by atoms with Crippen LogP contribution in [-0.2, 0) is 4.74 Å². The van der Waals surface area contributed by atoms with Gasteiger partial charge in [-0.05, 0) is 18.2 Å². The fourth-order valence-corrected chi connectivity index (χ4v) is 4.13. The third kappa shape index (κ3) is 3.36. The molecule has 3 N–H and O–H groups in total. The zero-order chi connectivity index (χ0) is 21.5. The number of aromatic nitrogens is 4. The SMILES string of the molecule is Nc1nc(-c2cnc3c(c2)NCCO3)cn2cc(-c3ccc(N4CCOCC4)cc3)nc12. The summed E-state index contributed by atoms with van der Waals surface area (Å²) < 4.78 is 12.9. The lowest BCUT2D eigenvalue weighted by Crippen LogP contribution is -2.36. The number of pyridine rings is 1. The van der Waals surface area contributed by atoms with Crippen LogP contribution in [0, 0.1) is 0 Å². The fourth-order valence-electron chi connectivity index (χ4n) is 4.13. The first-order valence-corrected chi connectivity index (χ1v) is 10.7. The average molecular weight is 429 g/mol. The van der Waals surface area contributed by atoms with Crippen molar-refractivity contribution in [2.45, 2.75) is 0 Å². The minimum atomic E-state index is 0.376. The van der Waals surface area contributed by atoms with Gasteiger partial charge in [0.1, 0.15) is 6.61 Å². The molecule has 1 aromatic carbocycles. The van der Waals surface area contributed by atoms with Crippen molar-refractivity contribution < 1.29 is 9.47 Å². The summed E-state index contributed by atoms with van der Waals surface area (Å²) in [6.45, 7) is 4.73. The number of nitrogens with one attached hydrogen (secondary N) is 1. The van der Waals surface area contributed by atoms with E-state index in [1.165, 1.54) is 5.69 Å². The van der Waals surface area contributed by atoms with E-state index >= 15 is 0 Å². The van der Waals surface area contributed by atoms with Gasteiger partial charge in [-0.3, -0.25) is 0 Å². The van der Waals surface area contributed by atoms with Gasteiger partial charge in [0.15, 0.2) is 11.5 Å². The first-order valence-electron chi connectivity index (χ1n) is 10.7. The minimum Gasteiger partial charge on any atom is -0.474 e.